The van der Waals surface area contributed by atoms with Crippen molar-refractivity contribution in [1.29, 1.82) is 0 Å². The second-order valence-corrected chi connectivity index (χ2v) is 6.89. The first kappa shape index (κ1) is 17.1. The van der Waals surface area contributed by atoms with Crippen LogP contribution in [0.5, 0.6) is 5.75 Å². The first-order chi connectivity index (χ1) is 11.0. The van der Waals surface area contributed by atoms with Crippen molar-refractivity contribution < 1.29 is 13.2 Å². The van der Waals surface area contributed by atoms with Crippen molar-refractivity contribution in [3.63, 3.8) is 0 Å². The molecule has 23 heavy (non-hydrogen) atoms. The van der Waals surface area contributed by atoms with Crippen LogP contribution in [0, 0.1) is 0 Å². The third-order valence-electron chi connectivity index (χ3n) is 3.10. The van der Waals surface area contributed by atoms with Crippen LogP contribution in [0.1, 0.15) is 20.3 Å². The molecule has 0 heterocycles. The zero-order valence-electron chi connectivity index (χ0n) is 13.4. The molecule has 0 fully saturated rings. The van der Waals surface area contributed by atoms with Crippen molar-refractivity contribution in [2.45, 2.75) is 20.3 Å². The summed E-state index contributed by atoms with van der Waals surface area (Å²) in [6, 6.07) is 14.8. The average molecular weight is 334 g/mol. The van der Waals surface area contributed by atoms with Gasteiger partial charge in [-0.15, -0.1) is 0 Å². The molecule has 2 rings (SSSR count). The van der Waals surface area contributed by atoms with Crippen LogP contribution in [-0.2, 0) is 10.0 Å². The SMILES string of the molecule is CCCS(=O)(=O)Nc1ccc(Nc2ccccc2OCC)cc1. The zero-order valence-corrected chi connectivity index (χ0v) is 14.2. The van der Waals surface area contributed by atoms with Gasteiger partial charge < -0.3 is 10.1 Å². The van der Waals surface area contributed by atoms with E-state index < -0.39 is 10.0 Å². The summed E-state index contributed by atoms with van der Waals surface area (Å²) in [6.45, 7) is 4.37. The Morgan fingerprint density at radius 3 is 2.26 bits per heavy atom. The fourth-order valence-electron chi connectivity index (χ4n) is 2.13. The predicted molar refractivity (Wildman–Crippen MR) is 95.0 cm³/mol. The molecule has 5 nitrogen and oxygen atoms in total. The summed E-state index contributed by atoms with van der Waals surface area (Å²) in [5, 5.41) is 3.27. The van der Waals surface area contributed by atoms with Crippen LogP contribution in [0.3, 0.4) is 0 Å². The molecule has 124 valence electrons. The Balaban J connectivity index is 2.09. The number of ether oxygens (including phenoxy) is 1. The van der Waals surface area contributed by atoms with Crippen LogP contribution in [0.15, 0.2) is 48.5 Å². The van der Waals surface area contributed by atoms with E-state index in [-0.39, 0.29) is 5.75 Å². The van der Waals surface area contributed by atoms with Gasteiger partial charge >= 0.3 is 0 Å². The van der Waals surface area contributed by atoms with Gasteiger partial charge in [-0.05, 0) is 49.7 Å². The average Bonchev–Trinajstić information content (AvgIpc) is 2.51. The summed E-state index contributed by atoms with van der Waals surface area (Å²) >= 11 is 0. The van der Waals surface area contributed by atoms with Crippen LogP contribution >= 0.6 is 0 Å². The highest BCUT2D eigenvalue weighted by atomic mass is 32.2. The molecule has 0 unspecified atom stereocenters. The Morgan fingerprint density at radius 2 is 1.61 bits per heavy atom. The minimum Gasteiger partial charge on any atom is -0.492 e. The summed E-state index contributed by atoms with van der Waals surface area (Å²) in [5.74, 6) is 0.900. The molecule has 0 atom stereocenters. The lowest BCUT2D eigenvalue weighted by molar-refractivity contribution is 0.342. The molecule has 2 N–H and O–H groups in total. The molecule has 0 aliphatic heterocycles. The van der Waals surface area contributed by atoms with Gasteiger partial charge in [0, 0.05) is 11.4 Å². The summed E-state index contributed by atoms with van der Waals surface area (Å²) < 4.78 is 31.6. The van der Waals surface area contributed by atoms with Crippen LogP contribution in [0.25, 0.3) is 0 Å². The maximum Gasteiger partial charge on any atom is 0.232 e. The van der Waals surface area contributed by atoms with Crippen molar-refractivity contribution >= 4 is 27.1 Å². The summed E-state index contributed by atoms with van der Waals surface area (Å²) in [5.41, 5.74) is 2.28. The fourth-order valence-corrected chi connectivity index (χ4v) is 3.26. The van der Waals surface area contributed by atoms with E-state index in [2.05, 4.69) is 10.0 Å². The highest BCUT2D eigenvalue weighted by Crippen LogP contribution is 2.28. The van der Waals surface area contributed by atoms with E-state index in [0.29, 0.717) is 18.7 Å². The van der Waals surface area contributed by atoms with E-state index in [1.165, 1.54) is 0 Å². The number of benzene rings is 2. The molecule has 0 saturated heterocycles. The highest BCUT2D eigenvalue weighted by molar-refractivity contribution is 7.92. The van der Waals surface area contributed by atoms with Gasteiger partial charge in [-0.3, -0.25) is 4.72 Å². The van der Waals surface area contributed by atoms with Crippen molar-refractivity contribution in [3.05, 3.63) is 48.5 Å². The van der Waals surface area contributed by atoms with E-state index in [1.54, 1.807) is 12.1 Å². The minimum atomic E-state index is -3.26. The van der Waals surface area contributed by atoms with Crippen LogP contribution in [0.4, 0.5) is 17.1 Å². The van der Waals surface area contributed by atoms with E-state index in [0.717, 1.165) is 17.1 Å². The lowest BCUT2D eigenvalue weighted by atomic mass is 10.2. The Kier molecular flexibility index (Phi) is 5.87. The molecule has 2 aromatic carbocycles. The topological polar surface area (TPSA) is 67.4 Å². The Morgan fingerprint density at radius 1 is 0.957 bits per heavy atom. The molecule has 0 radical (unpaired) electrons. The van der Waals surface area contributed by atoms with Crippen molar-refractivity contribution in [1.82, 2.24) is 0 Å². The normalized spacial score (nSPS) is 11.0. The largest absolute Gasteiger partial charge is 0.492 e. The molecule has 2 aromatic rings. The quantitative estimate of drug-likeness (QED) is 0.766. The molecular formula is C17H22N2O3S. The van der Waals surface area contributed by atoms with Gasteiger partial charge in [0.05, 0.1) is 18.0 Å². The first-order valence-corrected chi connectivity index (χ1v) is 9.28. The van der Waals surface area contributed by atoms with E-state index >= 15 is 0 Å². The molecular weight excluding hydrogens is 312 g/mol. The van der Waals surface area contributed by atoms with Crippen molar-refractivity contribution in [2.75, 3.05) is 22.4 Å². The first-order valence-electron chi connectivity index (χ1n) is 7.63. The predicted octanol–water partition coefficient (Wildman–Crippen LogP) is 3.98. The lowest BCUT2D eigenvalue weighted by Gasteiger charge is -2.13. The number of sulfonamides is 1. The molecule has 0 saturated carbocycles. The maximum atomic E-state index is 11.7. The molecule has 0 spiro atoms. The van der Waals surface area contributed by atoms with Crippen molar-refractivity contribution in [3.8, 4) is 5.75 Å². The van der Waals surface area contributed by atoms with Gasteiger partial charge in [0.25, 0.3) is 0 Å². The molecule has 0 bridgehead atoms. The molecule has 0 aliphatic carbocycles. The monoisotopic (exact) mass is 334 g/mol. The number of para-hydroxylation sites is 2. The number of hydrogen-bond acceptors (Lipinski definition) is 4. The van der Waals surface area contributed by atoms with E-state index in [9.17, 15) is 8.42 Å². The Hall–Kier alpha value is -2.21. The molecule has 6 heteroatoms. The number of nitrogens with one attached hydrogen (secondary N) is 2. The number of rotatable bonds is 8. The van der Waals surface area contributed by atoms with Gasteiger partial charge in [-0.2, -0.15) is 0 Å². The van der Waals surface area contributed by atoms with Gasteiger partial charge in [0.2, 0.25) is 10.0 Å². The summed E-state index contributed by atoms with van der Waals surface area (Å²) in [4.78, 5) is 0. The standard InChI is InChI=1S/C17H22N2O3S/c1-3-13-23(20,21)19-15-11-9-14(10-12-15)18-16-7-5-6-8-17(16)22-4-2/h5-12,18-19H,3-4,13H2,1-2H3. The molecule has 0 aromatic heterocycles. The van der Waals surface area contributed by atoms with Crippen LogP contribution in [-0.4, -0.2) is 20.8 Å². The van der Waals surface area contributed by atoms with Crippen LogP contribution in [0.2, 0.25) is 0 Å². The number of hydrogen-bond donors (Lipinski definition) is 2. The second kappa shape index (κ2) is 7.87. The van der Waals surface area contributed by atoms with Gasteiger partial charge in [-0.1, -0.05) is 19.1 Å². The molecule has 0 amide bonds. The highest BCUT2D eigenvalue weighted by Gasteiger charge is 2.08. The number of anilines is 3. The maximum absolute atomic E-state index is 11.7. The van der Waals surface area contributed by atoms with Gasteiger partial charge in [0.1, 0.15) is 5.75 Å². The third kappa shape index (κ3) is 5.17. The fraction of sp³-hybridized carbons (Fsp3) is 0.294. The summed E-state index contributed by atoms with van der Waals surface area (Å²) in [6.07, 6.45) is 0.586. The second-order valence-electron chi connectivity index (χ2n) is 5.05. The minimum absolute atomic E-state index is 0.120. The van der Waals surface area contributed by atoms with Gasteiger partial charge in [-0.25, -0.2) is 8.42 Å². The summed E-state index contributed by atoms with van der Waals surface area (Å²) in [7, 11) is -3.26. The smallest absolute Gasteiger partial charge is 0.232 e. The molecule has 0 aliphatic rings. The van der Waals surface area contributed by atoms with E-state index in [1.807, 2.05) is 50.2 Å². The third-order valence-corrected chi connectivity index (χ3v) is 4.59. The zero-order chi connectivity index (χ0) is 16.7. The van der Waals surface area contributed by atoms with E-state index in [4.69, 9.17) is 4.74 Å². The van der Waals surface area contributed by atoms with Crippen LogP contribution < -0.4 is 14.8 Å². The van der Waals surface area contributed by atoms with Gasteiger partial charge in [0.15, 0.2) is 0 Å². The van der Waals surface area contributed by atoms with Crippen molar-refractivity contribution in [2.24, 2.45) is 0 Å². The Labute approximate surface area is 137 Å². The Bertz CT molecular complexity index is 728. The lowest BCUT2D eigenvalue weighted by Crippen LogP contribution is -2.15.